The quantitative estimate of drug-likeness (QED) is 0.325. The molecule has 0 atom stereocenters. The van der Waals surface area contributed by atoms with Crippen LogP contribution in [0, 0.1) is 0 Å². The van der Waals surface area contributed by atoms with E-state index in [-0.39, 0.29) is 0 Å². The number of hydrazine groups is 1. The number of hydrogen-bond acceptors (Lipinski definition) is 3. The lowest BCUT2D eigenvalue weighted by atomic mass is 10.1. The molecule has 1 rings (SSSR count). The monoisotopic (exact) mass is 240 g/mol. The average molecular weight is 241 g/mol. The zero-order valence-electron chi connectivity index (χ0n) is 8.83. The van der Waals surface area contributed by atoms with Crippen LogP contribution in [-0.2, 0) is 0 Å². The number of urea groups is 1. The summed E-state index contributed by atoms with van der Waals surface area (Å²) in [7, 11) is 0. The van der Waals surface area contributed by atoms with E-state index < -0.39 is 6.03 Å². The van der Waals surface area contributed by atoms with Gasteiger partial charge in [-0.15, -0.1) is 0 Å². The van der Waals surface area contributed by atoms with Crippen LogP contribution < -0.4 is 16.7 Å². The van der Waals surface area contributed by atoms with Gasteiger partial charge in [-0.1, -0.05) is 30.7 Å². The van der Waals surface area contributed by atoms with Crippen molar-refractivity contribution in [2.24, 2.45) is 10.9 Å². The first kappa shape index (κ1) is 12.5. The molecule has 16 heavy (non-hydrogen) atoms. The van der Waals surface area contributed by atoms with Gasteiger partial charge in [-0.2, -0.15) is 5.10 Å². The Bertz CT molecular complexity index is 388. The van der Waals surface area contributed by atoms with Gasteiger partial charge in [0.25, 0.3) is 0 Å². The van der Waals surface area contributed by atoms with E-state index in [9.17, 15) is 4.79 Å². The van der Waals surface area contributed by atoms with Crippen molar-refractivity contribution in [2.75, 3.05) is 0 Å². The standard InChI is InChI=1S/C10H13ClN4O/c1-2-9(14-15-10(16)13-12)7-3-5-8(11)6-4-7/h3-6H,2,12H2,1H3,(H2,13,15,16)/b14-9-. The van der Waals surface area contributed by atoms with Crippen molar-refractivity contribution in [1.29, 1.82) is 0 Å². The number of rotatable bonds is 3. The van der Waals surface area contributed by atoms with E-state index in [0.717, 1.165) is 11.3 Å². The molecule has 6 heteroatoms. The van der Waals surface area contributed by atoms with Gasteiger partial charge in [-0.25, -0.2) is 16.1 Å². The van der Waals surface area contributed by atoms with Crippen LogP contribution in [0.3, 0.4) is 0 Å². The van der Waals surface area contributed by atoms with Crippen molar-refractivity contribution in [2.45, 2.75) is 13.3 Å². The molecule has 0 aliphatic heterocycles. The lowest BCUT2D eigenvalue weighted by Crippen LogP contribution is -2.37. The van der Waals surface area contributed by atoms with E-state index in [1.165, 1.54) is 0 Å². The topological polar surface area (TPSA) is 79.5 Å². The van der Waals surface area contributed by atoms with Crippen LogP contribution >= 0.6 is 11.6 Å². The van der Waals surface area contributed by atoms with Crippen molar-refractivity contribution < 1.29 is 4.79 Å². The van der Waals surface area contributed by atoms with Gasteiger partial charge < -0.3 is 0 Å². The molecule has 5 nitrogen and oxygen atoms in total. The maximum absolute atomic E-state index is 10.8. The summed E-state index contributed by atoms with van der Waals surface area (Å²) in [5.41, 5.74) is 5.86. The highest BCUT2D eigenvalue weighted by atomic mass is 35.5. The predicted molar refractivity (Wildman–Crippen MR) is 64.1 cm³/mol. The zero-order valence-corrected chi connectivity index (χ0v) is 9.58. The molecule has 86 valence electrons. The Labute approximate surface area is 98.6 Å². The Morgan fingerprint density at radius 3 is 2.56 bits per heavy atom. The Hall–Kier alpha value is -1.59. The molecule has 2 amide bonds. The van der Waals surface area contributed by atoms with Crippen LogP contribution in [0.15, 0.2) is 29.4 Å². The largest absolute Gasteiger partial charge is 0.349 e. The van der Waals surface area contributed by atoms with Crippen LogP contribution in [0.1, 0.15) is 18.9 Å². The first-order chi connectivity index (χ1) is 7.67. The zero-order chi connectivity index (χ0) is 12.0. The highest BCUT2D eigenvalue weighted by Gasteiger charge is 2.02. The number of amides is 2. The molecule has 0 saturated heterocycles. The van der Waals surface area contributed by atoms with E-state index in [0.29, 0.717) is 11.4 Å². The average Bonchev–Trinajstić information content (AvgIpc) is 2.31. The van der Waals surface area contributed by atoms with Gasteiger partial charge in [-0.05, 0) is 24.1 Å². The Morgan fingerprint density at radius 2 is 2.06 bits per heavy atom. The van der Waals surface area contributed by atoms with Gasteiger partial charge in [-0.3, -0.25) is 5.43 Å². The molecule has 4 N–H and O–H groups in total. The SMILES string of the molecule is CC/C(=N/NC(=O)NN)c1ccc(Cl)cc1. The second-order valence-corrected chi connectivity index (χ2v) is 3.44. The van der Waals surface area contributed by atoms with E-state index in [4.69, 9.17) is 17.4 Å². The van der Waals surface area contributed by atoms with Gasteiger partial charge in [0, 0.05) is 5.02 Å². The molecular formula is C10H13ClN4O. The van der Waals surface area contributed by atoms with E-state index in [1.54, 1.807) is 12.1 Å². The van der Waals surface area contributed by atoms with Crippen molar-refractivity contribution in [1.82, 2.24) is 10.9 Å². The third kappa shape index (κ3) is 3.52. The molecule has 0 aromatic heterocycles. The van der Waals surface area contributed by atoms with Gasteiger partial charge in [0.1, 0.15) is 0 Å². The predicted octanol–water partition coefficient (Wildman–Crippen LogP) is 1.63. The maximum Gasteiger partial charge on any atom is 0.349 e. The molecule has 1 aromatic carbocycles. The van der Waals surface area contributed by atoms with Crippen LogP contribution in [-0.4, -0.2) is 11.7 Å². The molecule has 0 aliphatic rings. The number of hydrazone groups is 1. The number of benzene rings is 1. The van der Waals surface area contributed by atoms with Gasteiger partial charge in [0.05, 0.1) is 5.71 Å². The Morgan fingerprint density at radius 1 is 1.44 bits per heavy atom. The third-order valence-corrected chi connectivity index (χ3v) is 2.19. The minimum atomic E-state index is -0.556. The fraction of sp³-hybridized carbons (Fsp3) is 0.200. The number of halogens is 1. The molecule has 1 aromatic rings. The van der Waals surface area contributed by atoms with E-state index in [2.05, 4.69) is 10.5 Å². The van der Waals surface area contributed by atoms with Crippen molar-refractivity contribution in [3.05, 3.63) is 34.9 Å². The van der Waals surface area contributed by atoms with Crippen molar-refractivity contribution in [3.8, 4) is 0 Å². The lowest BCUT2D eigenvalue weighted by molar-refractivity contribution is 0.241. The molecular weight excluding hydrogens is 228 g/mol. The summed E-state index contributed by atoms with van der Waals surface area (Å²) in [5.74, 6) is 4.91. The first-order valence-electron chi connectivity index (χ1n) is 4.76. The van der Waals surface area contributed by atoms with Gasteiger partial charge in [0.2, 0.25) is 0 Å². The lowest BCUT2D eigenvalue weighted by Gasteiger charge is -2.04. The van der Waals surface area contributed by atoms with Crippen molar-refractivity contribution >= 4 is 23.3 Å². The number of nitrogens with one attached hydrogen (secondary N) is 2. The number of nitrogens with zero attached hydrogens (tertiary/aromatic N) is 1. The fourth-order valence-corrected chi connectivity index (χ4v) is 1.27. The molecule has 0 spiro atoms. The maximum atomic E-state index is 10.8. The summed E-state index contributed by atoms with van der Waals surface area (Å²) in [6, 6.07) is 6.66. The number of nitrogens with two attached hydrogens (primary N) is 1. The van der Waals surface area contributed by atoms with Gasteiger partial charge in [0.15, 0.2) is 0 Å². The molecule has 0 radical (unpaired) electrons. The van der Waals surface area contributed by atoms with E-state index >= 15 is 0 Å². The highest BCUT2D eigenvalue weighted by molar-refractivity contribution is 6.30. The third-order valence-electron chi connectivity index (χ3n) is 1.94. The Kier molecular flexibility index (Phi) is 4.75. The first-order valence-corrected chi connectivity index (χ1v) is 5.14. The summed E-state index contributed by atoms with van der Waals surface area (Å²) >= 11 is 5.77. The van der Waals surface area contributed by atoms with Crippen LogP contribution in [0.5, 0.6) is 0 Å². The molecule has 0 fully saturated rings. The number of carbonyl (C=O) groups is 1. The second kappa shape index (κ2) is 6.09. The summed E-state index contributed by atoms with van der Waals surface area (Å²) in [4.78, 5) is 10.8. The fourth-order valence-electron chi connectivity index (χ4n) is 1.14. The highest BCUT2D eigenvalue weighted by Crippen LogP contribution is 2.11. The molecule has 0 bridgehead atoms. The second-order valence-electron chi connectivity index (χ2n) is 3.00. The van der Waals surface area contributed by atoms with Crippen LogP contribution in [0.4, 0.5) is 4.79 Å². The molecule has 0 saturated carbocycles. The summed E-state index contributed by atoms with van der Waals surface area (Å²) < 4.78 is 0. The number of hydrogen-bond donors (Lipinski definition) is 3. The summed E-state index contributed by atoms with van der Waals surface area (Å²) in [6.45, 7) is 1.94. The number of carbonyl (C=O) groups excluding carboxylic acids is 1. The van der Waals surface area contributed by atoms with Crippen LogP contribution in [0.25, 0.3) is 0 Å². The minimum absolute atomic E-state index is 0.556. The van der Waals surface area contributed by atoms with Gasteiger partial charge >= 0.3 is 6.03 Å². The molecule has 0 heterocycles. The Balaban J connectivity index is 2.81. The summed E-state index contributed by atoms with van der Waals surface area (Å²) in [6.07, 6.45) is 0.687. The van der Waals surface area contributed by atoms with Crippen molar-refractivity contribution in [3.63, 3.8) is 0 Å². The van der Waals surface area contributed by atoms with E-state index in [1.807, 2.05) is 24.5 Å². The molecule has 0 unspecified atom stereocenters. The molecule has 0 aliphatic carbocycles. The smallest absolute Gasteiger partial charge is 0.274 e. The van der Waals surface area contributed by atoms with Crippen LogP contribution in [0.2, 0.25) is 5.02 Å². The minimum Gasteiger partial charge on any atom is -0.274 e. The normalized spacial score (nSPS) is 11.1. The summed E-state index contributed by atoms with van der Waals surface area (Å²) in [5, 5.41) is 4.60.